The van der Waals surface area contributed by atoms with Gasteiger partial charge >= 0.3 is 0 Å². The number of rotatable bonds is 3. The number of anilines is 1. The predicted molar refractivity (Wildman–Crippen MR) is 120 cm³/mol. The second-order valence-corrected chi connectivity index (χ2v) is 7.16. The summed E-state index contributed by atoms with van der Waals surface area (Å²) in [5, 5.41) is 13.0. The van der Waals surface area contributed by atoms with E-state index in [1.54, 1.807) is 24.3 Å². The van der Waals surface area contributed by atoms with Crippen molar-refractivity contribution < 1.29 is 4.79 Å². The van der Waals surface area contributed by atoms with Gasteiger partial charge in [0, 0.05) is 5.56 Å². The molecular formula is C25H17N5O. The van der Waals surface area contributed by atoms with Gasteiger partial charge in [-0.15, -0.1) is 0 Å². The summed E-state index contributed by atoms with van der Waals surface area (Å²) in [5.74, 6) is 0.0512. The molecule has 0 spiro atoms. The number of benzene rings is 3. The molecule has 0 saturated carbocycles. The summed E-state index contributed by atoms with van der Waals surface area (Å²) in [6.45, 7) is 1.98. The van der Waals surface area contributed by atoms with E-state index in [1.807, 2.05) is 66.1 Å². The molecule has 0 atom stereocenters. The summed E-state index contributed by atoms with van der Waals surface area (Å²) in [6, 6.07) is 26.4. The average molecular weight is 403 g/mol. The van der Waals surface area contributed by atoms with Crippen LogP contribution in [0.4, 0.5) is 5.82 Å². The minimum atomic E-state index is -0.306. The van der Waals surface area contributed by atoms with Gasteiger partial charge in [0.15, 0.2) is 5.65 Å². The van der Waals surface area contributed by atoms with Crippen LogP contribution in [0.1, 0.15) is 21.5 Å². The van der Waals surface area contributed by atoms with Crippen LogP contribution >= 0.6 is 0 Å². The van der Waals surface area contributed by atoms with E-state index in [0.29, 0.717) is 33.6 Å². The second-order valence-electron chi connectivity index (χ2n) is 7.16. The van der Waals surface area contributed by atoms with Gasteiger partial charge in [-0.2, -0.15) is 5.26 Å². The molecule has 0 unspecified atom stereocenters. The fraction of sp³-hybridized carbons (Fsp3) is 0.0400. The van der Waals surface area contributed by atoms with Crippen LogP contribution in [0.3, 0.4) is 0 Å². The fourth-order valence-electron chi connectivity index (χ4n) is 3.69. The zero-order valence-corrected chi connectivity index (χ0v) is 16.7. The average Bonchev–Trinajstić information content (AvgIpc) is 3.10. The van der Waals surface area contributed by atoms with Gasteiger partial charge in [0.25, 0.3) is 5.91 Å². The molecule has 0 bridgehead atoms. The Labute approximate surface area is 178 Å². The zero-order valence-electron chi connectivity index (χ0n) is 16.7. The van der Waals surface area contributed by atoms with Crippen molar-refractivity contribution in [1.82, 2.24) is 14.5 Å². The van der Waals surface area contributed by atoms with E-state index in [9.17, 15) is 10.1 Å². The molecule has 5 aromatic rings. The van der Waals surface area contributed by atoms with E-state index in [0.717, 1.165) is 11.3 Å². The number of aryl methyl sites for hydroxylation is 1. The van der Waals surface area contributed by atoms with Crippen molar-refractivity contribution in [1.29, 1.82) is 5.26 Å². The Morgan fingerprint density at radius 2 is 1.55 bits per heavy atom. The van der Waals surface area contributed by atoms with E-state index in [4.69, 9.17) is 9.97 Å². The second kappa shape index (κ2) is 7.39. The highest BCUT2D eigenvalue weighted by Gasteiger charge is 2.24. The molecule has 148 valence electrons. The SMILES string of the molecule is Cc1ccccc1-n1c(NC(=O)c2ccccc2)c(C#N)c2nc3ccccc3nc21. The highest BCUT2D eigenvalue weighted by molar-refractivity contribution is 6.07. The Morgan fingerprint density at radius 3 is 2.26 bits per heavy atom. The molecule has 5 rings (SSSR count). The number of hydrogen-bond donors (Lipinski definition) is 1. The molecule has 0 radical (unpaired) electrons. The van der Waals surface area contributed by atoms with Gasteiger partial charge in [-0.25, -0.2) is 9.97 Å². The standard InChI is InChI=1S/C25H17N5O/c1-16-9-5-8-14-21(16)30-23(29-25(31)17-10-3-2-4-11-17)18(15-26)22-24(30)28-20-13-7-6-12-19(20)27-22/h2-14H,1H3,(H,29,31). The topological polar surface area (TPSA) is 83.6 Å². The van der Waals surface area contributed by atoms with Crippen molar-refractivity contribution in [3.8, 4) is 11.8 Å². The van der Waals surface area contributed by atoms with Crippen molar-refractivity contribution in [2.75, 3.05) is 5.32 Å². The summed E-state index contributed by atoms with van der Waals surface area (Å²) in [4.78, 5) is 22.5. The molecule has 2 heterocycles. The van der Waals surface area contributed by atoms with Gasteiger partial charge in [0.2, 0.25) is 0 Å². The molecule has 0 aliphatic rings. The van der Waals surface area contributed by atoms with Gasteiger partial charge in [0.05, 0.1) is 16.7 Å². The number of carbonyl (C=O) groups is 1. The van der Waals surface area contributed by atoms with Crippen LogP contribution in [0.15, 0.2) is 78.9 Å². The number of para-hydroxylation sites is 3. The van der Waals surface area contributed by atoms with Crippen LogP contribution in [0.2, 0.25) is 0 Å². The minimum Gasteiger partial charge on any atom is -0.306 e. The molecule has 0 aliphatic heterocycles. The van der Waals surface area contributed by atoms with Crippen LogP contribution in [-0.2, 0) is 0 Å². The van der Waals surface area contributed by atoms with Crippen molar-refractivity contribution in [3.05, 3.63) is 95.6 Å². The fourth-order valence-corrected chi connectivity index (χ4v) is 3.69. The number of nitriles is 1. The van der Waals surface area contributed by atoms with Gasteiger partial charge in [-0.3, -0.25) is 9.36 Å². The third-order valence-corrected chi connectivity index (χ3v) is 5.20. The van der Waals surface area contributed by atoms with Crippen molar-refractivity contribution >= 4 is 33.9 Å². The Bertz CT molecular complexity index is 1500. The van der Waals surface area contributed by atoms with Crippen LogP contribution in [0, 0.1) is 18.3 Å². The van der Waals surface area contributed by atoms with E-state index < -0.39 is 0 Å². The lowest BCUT2D eigenvalue weighted by Crippen LogP contribution is -2.16. The Hall–Kier alpha value is -4.50. The maximum Gasteiger partial charge on any atom is 0.256 e. The lowest BCUT2D eigenvalue weighted by Gasteiger charge is -2.14. The summed E-state index contributed by atoms with van der Waals surface area (Å²) < 4.78 is 1.81. The largest absolute Gasteiger partial charge is 0.306 e. The smallest absolute Gasteiger partial charge is 0.256 e. The summed E-state index contributed by atoms with van der Waals surface area (Å²) in [7, 11) is 0. The lowest BCUT2D eigenvalue weighted by atomic mass is 10.2. The van der Waals surface area contributed by atoms with E-state index in [2.05, 4.69) is 11.4 Å². The number of nitrogens with zero attached hydrogens (tertiary/aromatic N) is 4. The molecule has 0 fully saturated rings. The molecule has 31 heavy (non-hydrogen) atoms. The molecule has 1 N–H and O–H groups in total. The first-order valence-corrected chi connectivity index (χ1v) is 9.81. The lowest BCUT2D eigenvalue weighted by molar-refractivity contribution is 0.102. The number of hydrogen-bond acceptors (Lipinski definition) is 4. The van der Waals surface area contributed by atoms with Crippen LogP contribution in [-0.4, -0.2) is 20.4 Å². The molecule has 0 saturated heterocycles. The third-order valence-electron chi connectivity index (χ3n) is 5.20. The molecule has 0 aliphatic carbocycles. The van der Waals surface area contributed by atoms with Gasteiger partial charge < -0.3 is 5.32 Å². The first kappa shape index (κ1) is 18.5. The van der Waals surface area contributed by atoms with E-state index in [1.165, 1.54) is 0 Å². The summed E-state index contributed by atoms with van der Waals surface area (Å²) >= 11 is 0. The maximum atomic E-state index is 13.0. The Balaban J connectivity index is 1.83. The van der Waals surface area contributed by atoms with Crippen molar-refractivity contribution in [2.45, 2.75) is 6.92 Å². The van der Waals surface area contributed by atoms with Crippen LogP contribution in [0.25, 0.3) is 27.9 Å². The highest BCUT2D eigenvalue weighted by Crippen LogP contribution is 2.33. The van der Waals surface area contributed by atoms with Gasteiger partial charge in [-0.05, 0) is 42.8 Å². The minimum absolute atomic E-state index is 0.279. The van der Waals surface area contributed by atoms with E-state index >= 15 is 0 Å². The van der Waals surface area contributed by atoms with Crippen molar-refractivity contribution in [2.24, 2.45) is 0 Å². The molecule has 3 aromatic carbocycles. The number of aromatic nitrogens is 3. The third kappa shape index (κ3) is 3.09. The summed E-state index contributed by atoms with van der Waals surface area (Å²) in [5.41, 5.74) is 4.96. The van der Waals surface area contributed by atoms with Crippen molar-refractivity contribution in [3.63, 3.8) is 0 Å². The first-order chi connectivity index (χ1) is 15.2. The number of nitrogens with one attached hydrogen (secondary N) is 1. The number of carbonyl (C=O) groups excluding carboxylic acids is 1. The highest BCUT2D eigenvalue weighted by atomic mass is 16.1. The normalized spacial score (nSPS) is 10.8. The number of fused-ring (bicyclic) bond motifs is 2. The van der Waals surface area contributed by atoms with E-state index in [-0.39, 0.29) is 11.5 Å². The quantitative estimate of drug-likeness (QED) is 0.459. The molecule has 1 amide bonds. The Kier molecular flexibility index (Phi) is 4.42. The monoisotopic (exact) mass is 403 g/mol. The summed E-state index contributed by atoms with van der Waals surface area (Å²) in [6.07, 6.45) is 0. The van der Waals surface area contributed by atoms with Crippen LogP contribution < -0.4 is 5.32 Å². The van der Waals surface area contributed by atoms with Gasteiger partial charge in [-0.1, -0.05) is 48.5 Å². The molecule has 6 nitrogen and oxygen atoms in total. The number of amides is 1. The Morgan fingerprint density at radius 1 is 0.903 bits per heavy atom. The molecule has 2 aromatic heterocycles. The van der Waals surface area contributed by atoms with Crippen LogP contribution in [0.5, 0.6) is 0 Å². The molecule has 6 heteroatoms. The predicted octanol–water partition coefficient (Wildman–Crippen LogP) is 5.01. The first-order valence-electron chi connectivity index (χ1n) is 9.81. The maximum absolute atomic E-state index is 13.0. The van der Waals surface area contributed by atoms with Gasteiger partial charge in [0.1, 0.15) is 23.0 Å². The molecular weight excluding hydrogens is 386 g/mol. The zero-order chi connectivity index (χ0) is 21.4.